The first-order chi connectivity index (χ1) is 7.07. The van der Waals surface area contributed by atoms with Crippen LogP contribution in [0.2, 0.25) is 0 Å². The summed E-state index contributed by atoms with van der Waals surface area (Å²) in [5.74, 6) is 1.91. The van der Waals surface area contributed by atoms with E-state index in [9.17, 15) is 0 Å². The maximum Gasteiger partial charge on any atom is 0.173 e. The van der Waals surface area contributed by atoms with E-state index in [2.05, 4.69) is 32.0 Å². The summed E-state index contributed by atoms with van der Waals surface area (Å²) in [4.78, 5) is 5.20. The normalized spacial score (nSPS) is 27.9. The molecule has 0 fully saturated rings. The molecule has 1 unspecified atom stereocenters. The molecule has 0 saturated carbocycles. The summed E-state index contributed by atoms with van der Waals surface area (Å²) in [7, 11) is 0. The molecule has 0 aliphatic carbocycles. The molecule has 80 valence electrons. The predicted molar refractivity (Wildman–Crippen MR) is 72.3 cm³/mol. The lowest BCUT2D eigenvalue weighted by Crippen LogP contribution is -2.28. The number of aryl methyl sites for hydroxylation is 1. The minimum absolute atomic E-state index is 0.683. The number of aromatic nitrogens is 2. The van der Waals surface area contributed by atoms with Gasteiger partial charge < -0.3 is 14.7 Å². The van der Waals surface area contributed by atoms with Crippen LogP contribution in [0.25, 0.3) is 0 Å². The van der Waals surface area contributed by atoms with E-state index in [1.807, 2.05) is 0 Å². The summed E-state index contributed by atoms with van der Waals surface area (Å²) in [6, 6.07) is 0. The predicted octanol–water partition coefficient (Wildman–Crippen LogP) is 1.67. The van der Waals surface area contributed by atoms with E-state index in [0.717, 1.165) is 36.7 Å². The highest BCUT2D eigenvalue weighted by Gasteiger charge is 2.31. The van der Waals surface area contributed by atoms with Crippen LogP contribution in [-0.4, -0.2) is 14.5 Å². The average Bonchev–Trinajstić information content (AvgIpc) is 2.58. The molecule has 3 heterocycles. The third-order valence-corrected chi connectivity index (χ3v) is 5.19. The van der Waals surface area contributed by atoms with E-state index in [1.54, 1.807) is 0 Å². The van der Waals surface area contributed by atoms with E-state index in [-0.39, 0.29) is 0 Å². The van der Waals surface area contributed by atoms with Gasteiger partial charge in [0.05, 0.1) is 0 Å². The van der Waals surface area contributed by atoms with Gasteiger partial charge in [-0.1, -0.05) is 12.2 Å². The SMILES string of the molecule is S=C1NP(=S)(S)Nc2nc3n(c21)CCC3. The number of rotatable bonds is 0. The van der Waals surface area contributed by atoms with Crippen molar-refractivity contribution in [2.75, 3.05) is 5.09 Å². The van der Waals surface area contributed by atoms with E-state index < -0.39 is 5.54 Å². The van der Waals surface area contributed by atoms with Crippen molar-refractivity contribution in [3.63, 3.8) is 0 Å². The first kappa shape index (κ1) is 10.1. The molecular formula is C7H9N4PS3. The van der Waals surface area contributed by atoms with Gasteiger partial charge in [-0.2, -0.15) is 0 Å². The van der Waals surface area contributed by atoms with Crippen LogP contribution in [0.4, 0.5) is 5.82 Å². The topological polar surface area (TPSA) is 41.9 Å². The molecule has 0 spiro atoms. The van der Waals surface area contributed by atoms with Gasteiger partial charge in [0, 0.05) is 13.0 Å². The van der Waals surface area contributed by atoms with E-state index in [1.165, 1.54) is 0 Å². The average molecular weight is 276 g/mol. The number of thiocarbonyl (C=S) groups is 1. The quantitative estimate of drug-likeness (QED) is 0.382. The first-order valence-electron chi connectivity index (χ1n) is 4.60. The molecule has 15 heavy (non-hydrogen) atoms. The fourth-order valence-corrected chi connectivity index (χ4v) is 4.99. The Labute approximate surface area is 103 Å². The van der Waals surface area contributed by atoms with Gasteiger partial charge in [0.25, 0.3) is 0 Å². The summed E-state index contributed by atoms with van der Waals surface area (Å²) >= 11 is 14.9. The number of anilines is 1. The fraction of sp³-hybridized carbons (Fsp3) is 0.429. The van der Waals surface area contributed by atoms with Crippen molar-refractivity contribution in [1.82, 2.24) is 14.6 Å². The minimum atomic E-state index is -2.06. The lowest BCUT2D eigenvalue weighted by Gasteiger charge is -2.26. The summed E-state index contributed by atoms with van der Waals surface area (Å²) in [6.45, 7) is 0.997. The number of imidazole rings is 1. The summed E-state index contributed by atoms with van der Waals surface area (Å²) < 4.78 is 2.17. The van der Waals surface area contributed by atoms with Gasteiger partial charge in [-0.3, -0.25) is 0 Å². The fourth-order valence-electron chi connectivity index (χ4n) is 2.00. The Bertz CT molecular complexity index is 509. The summed E-state index contributed by atoms with van der Waals surface area (Å²) in [5, 5.41) is 6.23. The number of nitrogens with zero attached hydrogens (tertiary/aromatic N) is 2. The Morgan fingerprint density at radius 2 is 2.27 bits per heavy atom. The van der Waals surface area contributed by atoms with Gasteiger partial charge in [-0.25, -0.2) is 4.98 Å². The molecule has 1 aromatic heterocycles. The third kappa shape index (κ3) is 1.53. The molecule has 3 rings (SSSR count). The standard InChI is InChI=1S/C7H9N4PS3/c13-7-5-6(9-12(14,15)10-7)8-4-2-1-3-11(4)5/h1-3H2,(H3,9,10,13,14,15). The van der Waals surface area contributed by atoms with Crippen molar-refractivity contribution in [1.29, 1.82) is 0 Å². The molecule has 2 N–H and O–H groups in total. The largest absolute Gasteiger partial charge is 0.324 e. The number of hydrogen-bond donors (Lipinski definition) is 3. The highest BCUT2D eigenvalue weighted by Crippen LogP contribution is 2.50. The Kier molecular flexibility index (Phi) is 2.15. The second-order valence-electron chi connectivity index (χ2n) is 3.61. The van der Waals surface area contributed by atoms with Gasteiger partial charge in [0.1, 0.15) is 16.5 Å². The number of thiol groups is 1. The minimum Gasteiger partial charge on any atom is -0.324 e. The molecule has 1 aromatic rings. The Morgan fingerprint density at radius 3 is 3.07 bits per heavy atom. The second kappa shape index (κ2) is 3.20. The lowest BCUT2D eigenvalue weighted by molar-refractivity contribution is 0.744. The molecule has 1 atom stereocenters. The smallest absolute Gasteiger partial charge is 0.173 e. The molecular weight excluding hydrogens is 267 g/mol. The molecule has 4 nitrogen and oxygen atoms in total. The molecule has 0 aromatic carbocycles. The van der Waals surface area contributed by atoms with E-state index in [0.29, 0.717) is 4.99 Å². The van der Waals surface area contributed by atoms with Crippen molar-refractivity contribution in [2.24, 2.45) is 0 Å². The van der Waals surface area contributed by atoms with Gasteiger partial charge in [-0.15, -0.1) is 12.2 Å². The van der Waals surface area contributed by atoms with E-state index in [4.69, 9.17) is 24.0 Å². The number of nitrogens with one attached hydrogen (secondary N) is 2. The molecule has 0 amide bonds. The van der Waals surface area contributed by atoms with Crippen LogP contribution in [0.1, 0.15) is 17.9 Å². The molecule has 0 bridgehead atoms. The lowest BCUT2D eigenvalue weighted by atomic mass is 10.3. The van der Waals surface area contributed by atoms with Crippen molar-refractivity contribution >= 4 is 52.6 Å². The van der Waals surface area contributed by atoms with Crippen LogP contribution < -0.4 is 10.2 Å². The van der Waals surface area contributed by atoms with Crippen LogP contribution in [-0.2, 0) is 24.8 Å². The first-order valence-corrected chi connectivity index (χ1v) is 8.96. The van der Waals surface area contributed by atoms with Crippen LogP contribution in [0, 0.1) is 0 Å². The van der Waals surface area contributed by atoms with Crippen molar-refractivity contribution in [3.05, 3.63) is 11.5 Å². The molecule has 0 saturated heterocycles. The number of fused-ring (bicyclic) bond motifs is 3. The summed E-state index contributed by atoms with van der Waals surface area (Å²) in [6.07, 6.45) is 2.17. The Hall–Kier alpha value is -0.100. The van der Waals surface area contributed by atoms with Gasteiger partial charge >= 0.3 is 0 Å². The second-order valence-corrected chi connectivity index (χ2v) is 9.87. The maximum atomic E-state index is 5.30. The van der Waals surface area contributed by atoms with Crippen LogP contribution in [0.3, 0.4) is 0 Å². The van der Waals surface area contributed by atoms with Gasteiger partial charge in [0.15, 0.2) is 11.4 Å². The number of hydrogen-bond acceptors (Lipinski definition) is 3. The highest BCUT2D eigenvalue weighted by atomic mass is 32.9. The van der Waals surface area contributed by atoms with Crippen molar-refractivity contribution in [3.8, 4) is 0 Å². The van der Waals surface area contributed by atoms with Gasteiger partial charge in [0.2, 0.25) is 0 Å². The molecule has 8 heteroatoms. The maximum absolute atomic E-state index is 5.30. The van der Waals surface area contributed by atoms with Crippen LogP contribution in [0.5, 0.6) is 0 Å². The molecule has 2 aliphatic rings. The summed E-state index contributed by atoms with van der Waals surface area (Å²) in [5.41, 5.74) is -1.08. The zero-order valence-corrected chi connectivity index (χ0v) is 11.1. The Morgan fingerprint density at radius 1 is 1.47 bits per heavy atom. The zero-order valence-electron chi connectivity index (χ0n) is 7.73. The van der Waals surface area contributed by atoms with Crippen molar-refractivity contribution < 1.29 is 0 Å². The Balaban J connectivity index is 2.18. The highest BCUT2D eigenvalue weighted by molar-refractivity contribution is 8.63. The van der Waals surface area contributed by atoms with Gasteiger partial charge in [-0.05, 0) is 18.2 Å². The zero-order chi connectivity index (χ0) is 10.6. The monoisotopic (exact) mass is 276 g/mol. The molecule has 2 aliphatic heterocycles. The molecule has 0 radical (unpaired) electrons. The van der Waals surface area contributed by atoms with Crippen molar-refractivity contribution in [2.45, 2.75) is 19.4 Å². The van der Waals surface area contributed by atoms with Crippen LogP contribution in [0.15, 0.2) is 0 Å². The van der Waals surface area contributed by atoms with Crippen LogP contribution >= 0.6 is 30.0 Å². The third-order valence-electron chi connectivity index (χ3n) is 2.55. The van der Waals surface area contributed by atoms with E-state index >= 15 is 0 Å².